The third kappa shape index (κ3) is 4.58. The highest BCUT2D eigenvalue weighted by molar-refractivity contribution is 7.13. The topological polar surface area (TPSA) is 68.0 Å². The summed E-state index contributed by atoms with van der Waals surface area (Å²) in [5, 5.41) is 6.26. The maximum absolute atomic E-state index is 12.1. The van der Waals surface area contributed by atoms with Gasteiger partial charge < -0.3 is 11.1 Å². The summed E-state index contributed by atoms with van der Waals surface area (Å²) in [5.41, 5.74) is 7.21. The summed E-state index contributed by atoms with van der Waals surface area (Å²) in [6.45, 7) is 0.489. The molecule has 1 atom stereocenters. The Bertz CT molecular complexity index is 703. The molecule has 124 valence electrons. The van der Waals surface area contributed by atoms with Crippen molar-refractivity contribution in [2.45, 2.75) is 18.9 Å². The number of hydrogen-bond acceptors (Lipinski definition) is 4. The van der Waals surface area contributed by atoms with Gasteiger partial charge in [0.05, 0.1) is 10.0 Å². The zero-order valence-corrected chi connectivity index (χ0v) is 15.2. The number of amides is 1. The smallest absolute Gasteiger partial charge is 0.270 e. The molecule has 3 N–H and O–H groups in total. The van der Waals surface area contributed by atoms with Crippen molar-refractivity contribution in [3.63, 3.8) is 0 Å². The molecule has 1 saturated carbocycles. The van der Waals surface area contributed by atoms with Crippen LogP contribution in [-0.2, 0) is 0 Å². The van der Waals surface area contributed by atoms with E-state index < -0.39 is 0 Å². The van der Waals surface area contributed by atoms with Gasteiger partial charge in [-0.1, -0.05) is 29.3 Å². The van der Waals surface area contributed by atoms with Gasteiger partial charge in [0.2, 0.25) is 0 Å². The van der Waals surface area contributed by atoms with E-state index in [1.807, 2.05) is 6.07 Å². The summed E-state index contributed by atoms with van der Waals surface area (Å²) in [6, 6.07) is 5.33. The van der Waals surface area contributed by atoms with Gasteiger partial charge in [0.1, 0.15) is 10.7 Å². The number of thiazole rings is 1. The number of aromatic nitrogens is 1. The van der Waals surface area contributed by atoms with Crippen LogP contribution in [0.4, 0.5) is 0 Å². The molecule has 8 heteroatoms. The summed E-state index contributed by atoms with van der Waals surface area (Å²) < 4.78 is 0. The SMILES string of the molecule is Cl.NC(CNC(=O)c1csc(-c2ccc(Cl)c(Cl)c2)n1)C1CC1. The van der Waals surface area contributed by atoms with Crippen LogP contribution in [0.15, 0.2) is 23.6 Å². The number of halogens is 3. The molecule has 1 aromatic heterocycles. The Morgan fingerprint density at radius 1 is 1.39 bits per heavy atom. The van der Waals surface area contributed by atoms with Gasteiger partial charge >= 0.3 is 0 Å². The van der Waals surface area contributed by atoms with Crippen LogP contribution in [0.5, 0.6) is 0 Å². The number of nitrogens with two attached hydrogens (primary N) is 1. The largest absolute Gasteiger partial charge is 0.349 e. The third-order valence-corrected chi connectivity index (χ3v) is 5.26. The van der Waals surface area contributed by atoms with Crippen LogP contribution in [0.25, 0.3) is 10.6 Å². The van der Waals surface area contributed by atoms with Crippen LogP contribution in [-0.4, -0.2) is 23.5 Å². The van der Waals surface area contributed by atoms with E-state index in [1.54, 1.807) is 17.5 Å². The van der Waals surface area contributed by atoms with Gasteiger partial charge in [-0.2, -0.15) is 0 Å². The van der Waals surface area contributed by atoms with E-state index in [9.17, 15) is 4.79 Å². The molecule has 1 amide bonds. The molecular formula is C15H16Cl3N3OS. The van der Waals surface area contributed by atoms with Gasteiger partial charge in [-0.25, -0.2) is 4.98 Å². The summed E-state index contributed by atoms with van der Waals surface area (Å²) in [6.07, 6.45) is 2.32. The third-order valence-electron chi connectivity index (χ3n) is 3.63. The number of nitrogens with zero attached hydrogens (tertiary/aromatic N) is 1. The van der Waals surface area contributed by atoms with Crippen molar-refractivity contribution < 1.29 is 4.79 Å². The van der Waals surface area contributed by atoms with E-state index in [1.165, 1.54) is 11.3 Å². The highest BCUT2D eigenvalue weighted by atomic mass is 35.5. The minimum absolute atomic E-state index is 0. The second-order valence-electron chi connectivity index (χ2n) is 5.38. The van der Waals surface area contributed by atoms with Crippen LogP contribution >= 0.6 is 46.9 Å². The molecule has 23 heavy (non-hydrogen) atoms. The molecule has 1 aliphatic rings. The normalized spacial score (nSPS) is 14.9. The highest BCUT2D eigenvalue weighted by Crippen LogP contribution is 2.31. The van der Waals surface area contributed by atoms with Gasteiger partial charge in [0.15, 0.2) is 0 Å². The Labute approximate surface area is 154 Å². The van der Waals surface area contributed by atoms with E-state index in [-0.39, 0.29) is 24.4 Å². The van der Waals surface area contributed by atoms with Gasteiger partial charge in [-0.15, -0.1) is 23.7 Å². The predicted octanol–water partition coefficient (Wildman–Crippen LogP) is 4.01. The van der Waals surface area contributed by atoms with Crippen molar-refractivity contribution >= 4 is 52.9 Å². The fourth-order valence-corrected chi connectivity index (χ4v) is 3.23. The Morgan fingerprint density at radius 3 is 2.78 bits per heavy atom. The minimum atomic E-state index is -0.196. The van der Waals surface area contributed by atoms with Gasteiger partial charge in [-0.05, 0) is 30.9 Å². The first-order valence-corrected chi connectivity index (χ1v) is 8.63. The van der Waals surface area contributed by atoms with Gasteiger partial charge in [0.25, 0.3) is 5.91 Å². The molecule has 1 heterocycles. The van der Waals surface area contributed by atoms with Crippen LogP contribution in [0.3, 0.4) is 0 Å². The predicted molar refractivity (Wildman–Crippen MR) is 97.9 cm³/mol. The first-order chi connectivity index (χ1) is 10.5. The lowest BCUT2D eigenvalue weighted by atomic mass is 10.2. The Balaban J connectivity index is 0.00000192. The monoisotopic (exact) mass is 391 g/mol. The van der Waals surface area contributed by atoms with Crippen LogP contribution < -0.4 is 11.1 Å². The number of benzene rings is 1. The maximum atomic E-state index is 12.1. The zero-order chi connectivity index (χ0) is 15.7. The second-order valence-corrected chi connectivity index (χ2v) is 7.05. The highest BCUT2D eigenvalue weighted by Gasteiger charge is 2.28. The summed E-state index contributed by atoms with van der Waals surface area (Å²) in [5.74, 6) is 0.362. The van der Waals surface area contributed by atoms with Crippen LogP contribution in [0.1, 0.15) is 23.3 Å². The van der Waals surface area contributed by atoms with Crippen molar-refractivity contribution in [1.29, 1.82) is 0 Å². The molecule has 1 aromatic carbocycles. The molecule has 2 aromatic rings. The summed E-state index contributed by atoms with van der Waals surface area (Å²) >= 11 is 13.3. The Morgan fingerprint density at radius 2 is 2.13 bits per heavy atom. The molecule has 1 aliphatic carbocycles. The van der Waals surface area contributed by atoms with Crippen molar-refractivity contribution in [3.05, 3.63) is 39.3 Å². The van der Waals surface area contributed by atoms with Crippen LogP contribution in [0, 0.1) is 5.92 Å². The minimum Gasteiger partial charge on any atom is -0.349 e. The number of rotatable bonds is 5. The van der Waals surface area contributed by atoms with E-state index in [4.69, 9.17) is 28.9 Å². The lowest BCUT2D eigenvalue weighted by molar-refractivity contribution is 0.0946. The zero-order valence-electron chi connectivity index (χ0n) is 12.1. The Hall–Kier alpha value is -0.850. The molecule has 0 radical (unpaired) electrons. The second kappa shape index (κ2) is 7.81. The molecule has 3 rings (SSSR count). The molecule has 1 unspecified atom stereocenters. The molecule has 0 bridgehead atoms. The molecule has 0 saturated heterocycles. The number of carbonyl (C=O) groups excluding carboxylic acids is 1. The lowest BCUT2D eigenvalue weighted by Crippen LogP contribution is -2.38. The quantitative estimate of drug-likeness (QED) is 0.808. The number of nitrogens with one attached hydrogen (secondary N) is 1. The van der Waals surface area contributed by atoms with Crippen LogP contribution in [0.2, 0.25) is 10.0 Å². The van der Waals surface area contributed by atoms with E-state index >= 15 is 0 Å². The Kier molecular flexibility index (Phi) is 6.28. The molecule has 1 fully saturated rings. The average Bonchev–Trinajstić information content (AvgIpc) is 3.24. The van der Waals surface area contributed by atoms with E-state index in [0.29, 0.717) is 28.2 Å². The fourth-order valence-electron chi connectivity index (χ4n) is 2.13. The molecular weight excluding hydrogens is 377 g/mol. The molecule has 4 nitrogen and oxygen atoms in total. The van der Waals surface area contributed by atoms with Crippen molar-refractivity contribution in [1.82, 2.24) is 10.3 Å². The van der Waals surface area contributed by atoms with E-state index in [2.05, 4.69) is 10.3 Å². The fraction of sp³-hybridized carbons (Fsp3) is 0.333. The first-order valence-electron chi connectivity index (χ1n) is 6.99. The van der Waals surface area contributed by atoms with E-state index in [0.717, 1.165) is 23.4 Å². The summed E-state index contributed by atoms with van der Waals surface area (Å²) in [7, 11) is 0. The average molecular weight is 393 g/mol. The van der Waals surface area contributed by atoms with Crippen molar-refractivity contribution in [2.75, 3.05) is 6.54 Å². The lowest BCUT2D eigenvalue weighted by Gasteiger charge is -2.10. The number of carbonyl (C=O) groups is 1. The molecule has 0 spiro atoms. The molecule has 0 aliphatic heterocycles. The maximum Gasteiger partial charge on any atom is 0.270 e. The first kappa shape index (κ1) is 18.5. The van der Waals surface area contributed by atoms with Gasteiger partial charge in [-0.3, -0.25) is 4.79 Å². The van der Waals surface area contributed by atoms with Gasteiger partial charge in [0, 0.05) is 23.5 Å². The summed E-state index contributed by atoms with van der Waals surface area (Å²) in [4.78, 5) is 16.4. The van der Waals surface area contributed by atoms with Crippen molar-refractivity contribution in [3.8, 4) is 10.6 Å². The standard InChI is InChI=1S/C15H15Cl2N3OS.ClH/c16-10-4-3-9(5-11(10)17)15-20-13(7-22-15)14(21)19-6-12(18)8-1-2-8;/h3-5,7-8,12H,1-2,6,18H2,(H,19,21);1H. The van der Waals surface area contributed by atoms with Crippen molar-refractivity contribution in [2.24, 2.45) is 11.7 Å². The number of hydrogen-bond donors (Lipinski definition) is 2.